The molecule has 0 N–H and O–H groups in total. The van der Waals surface area contributed by atoms with Gasteiger partial charge in [-0.2, -0.15) is 4.31 Å². The van der Waals surface area contributed by atoms with Crippen LogP contribution in [0.15, 0.2) is 41.3 Å². The Morgan fingerprint density at radius 1 is 0.960 bits per heavy atom. The summed E-state index contributed by atoms with van der Waals surface area (Å²) in [6, 6.07) is 11.4. The van der Waals surface area contributed by atoms with Crippen LogP contribution in [-0.4, -0.2) is 64.9 Å². The van der Waals surface area contributed by atoms with E-state index in [1.165, 1.54) is 0 Å². The first kappa shape index (κ1) is 18.2. The number of anilines is 1. The van der Waals surface area contributed by atoms with E-state index in [4.69, 9.17) is 0 Å². The van der Waals surface area contributed by atoms with Crippen molar-refractivity contribution in [3.8, 4) is 0 Å². The van der Waals surface area contributed by atoms with Gasteiger partial charge < -0.3 is 9.80 Å². The fraction of sp³-hybridized carbons (Fsp3) is 0.474. The van der Waals surface area contributed by atoms with Crippen molar-refractivity contribution in [3.63, 3.8) is 0 Å². The van der Waals surface area contributed by atoms with E-state index in [0.29, 0.717) is 4.90 Å². The van der Waals surface area contributed by atoms with Crippen LogP contribution in [0.3, 0.4) is 0 Å². The fourth-order valence-corrected chi connectivity index (χ4v) is 5.21. The van der Waals surface area contributed by atoms with E-state index in [2.05, 4.69) is 11.9 Å². The van der Waals surface area contributed by atoms with Gasteiger partial charge in [-0.3, -0.25) is 0 Å². The maximum absolute atomic E-state index is 13.3. The molecule has 0 unspecified atom stereocenters. The third kappa shape index (κ3) is 3.38. The van der Waals surface area contributed by atoms with Gasteiger partial charge in [0.25, 0.3) is 0 Å². The van der Waals surface area contributed by atoms with E-state index in [9.17, 15) is 8.42 Å². The summed E-state index contributed by atoms with van der Waals surface area (Å²) in [5.41, 5.74) is 1.02. The highest BCUT2D eigenvalue weighted by atomic mass is 32.2. The number of fused-ring (bicyclic) bond motifs is 1. The van der Waals surface area contributed by atoms with Gasteiger partial charge in [-0.15, -0.1) is 0 Å². The normalized spacial score (nSPS) is 17.3. The summed E-state index contributed by atoms with van der Waals surface area (Å²) in [6.07, 6.45) is 1.75. The predicted molar refractivity (Wildman–Crippen MR) is 104 cm³/mol. The van der Waals surface area contributed by atoms with E-state index in [1.807, 2.05) is 49.3 Å². The number of nitrogens with zero attached hydrogens (tertiary/aromatic N) is 3. The van der Waals surface area contributed by atoms with Gasteiger partial charge in [0.2, 0.25) is 10.0 Å². The average molecular weight is 362 g/mol. The molecular formula is C19H27N3O2S. The van der Waals surface area contributed by atoms with Crippen LogP contribution in [0.5, 0.6) is 0 Å². The summed E-state index contributed by atoms with van der Waals surface area (Å²) < 4.78 is 28.2. The Morgan fingerprint density at radius 2 is 1.56 bits per heavy atom. The molecule has 2 aromatic rings. The Hall–Kier alpha value is -1.63. The first-order valence-corrected chi connectivity index (χ1v) is 10.1. The molecule has 0 atom stereocenters. The molecule has 0 saturated carbocycles. The van der Waals surface area contributed by atoms with Crippen molar-refractivity contribution >= 4 is 26.5 Å². The Morgan fingerprint density at radius 3 is 2.20 bits per heavy atom. The number of hydrogen-bond donors (Lipinski definition) is 0. The van der Waals surface area contributed by atoms with Crippen LogP contribution in [-0.2, 0) is 10.0 Å². The molecular weight excluding hydrogens is 334 g/mol. The lowest BCUT2D eigenvalue weighted by Gasteiger charge is -2.34. The zero-order chi connectivity index (χ0) is 18.2. The average Bonchev–Trinajstić information content (AvgIpc) is 2.60. The molecule has 0 radical (unpaired) electrons. The third-order valence-corrected chi connectivity index (χ3v) is 7.17. The first-order chi connectivity index (χ1) is 11.8. The first-order valence-electron chi connectivity index (χ1n) is 8.68. The molecule has 25 heavy (non-hydrogen) atoms. The van der Waals surface area contributed by atoms with Gasteiger partial charge in [0, 0.05) is 43.6 Å². The van der Waals surface area contributed by atoms with E-state index in [-0.39, 0.29) is 6.04 Å². The van der Waals surface area contributed by atoms with Crippen LogP contribution in [0.2, 0.25) is 0 Å². The monoisotopic (exact) mass is 361 g/mol. The molecule has 0 aliphatic carbocycles. The highest BCUT2D eigenvalue weighted by Crippen LogP contribution is 2.32. The van der Waals surface area contributed by atoms with E-state index < -0.39 is 10.0 Å². The van der Waals surface area contributed by atoms with Gasteiger partial charge in [-0.05, 0) is 45.1 Å². The van der Waals surface area contributed by atoms with Gasteiger partial charge >= 0.3 is 0 Å². The van der Waals surface area contributed by atoms with Gasteiger partial charge in [0.05, 0.1) is 4.90 Å². The van der Waals surface area contributed by atoms with Crippen molar-refractivity contribution in [2.45, 2.75) is 23.8 Å². The molecule has 136 valence electrons. The highest BCUT2D eigenvalue weighted by Gasteiger charge is 2.31. The van der Waals surface area contributed by atoms with E-state index in [0.717, 1.165) is 42.4 Å². The molecule has 0 spiro atoms. The van der Waals surface area contributed by atoms with Gasteiger partial charge in [0.1, 0.15) is 0 Å². The molecule has 0 bridgehead atoms. The molecule has 1 fully saturated rings. The second-order valence-corrected chi connectivity index (χ2v) is 9.04. The zero-order valence-corrected chi connectivity index (χ0v) is 16.3. The molecule has 1 saturated heterocycles. The lowest BCUT2D eigenvalue weighted by Crippen LogP contribution is -2.44. The molecule has 3 rings (SSSR count). The van der Waals surface area contributed by atoms with Crippen LogP contribution in [0.4, 0.5) is 5.69 Å². The Balaban J connectivity index is 2.04. The summed E-state index contributed by atoms with van der Waals surface area (Å²) in [6.45, 7) is 1.87. The summed E-state index contributed by atoms with van der Waals surface area (Å²) in [5.74, 6) is 0. The number of benzene rings is 2. The minimum Gasteiger partial charge on any atom is -0.377 e. The molecule has 1 aliphatic rings. The predicted octanol–water partition coefficient (Wildman–Crippen LogP) is 2.62. The van der Waals surface area contributed by atoms with Crippen LogP contribution in [0.25, 0.3) is 10.8 Å². The van der Waals surface area contributed by atoms with Gasteiger partial charge in [0.15, 0.2) is 0 Å². The lowest BCUT2D eigenvalue weighted by molar-refractivity contribution is 0.197. The number of piperidine rings is 1. The number of sulfonamides is 1. The maximum Gasteiger partial charge on any atom is 0.243 e. The summed E-state index contributed by atoms with van der Waals surface area (Å²) >= 11 is 0. The minimum absolute atomic E-state index is 0.0634. The van der Waals surface area contributed by atoms with E-state index in [1.54, 1.807) is 17.4 Å². The smallest absolute Gasteiger partial charge is 0.243 e. The number of hydrogen-bond acceptors (Lipinski definition) is 4. The summed E-state index contributed by atoms with van der Waals surface area (Å²) in [4.78, 5) is 4.66. The number of rotatable bonds is 4. The van der Waals surface area contributed by atoms with Crippen LogP contribution < -0.4 is 4.90 Å². The van der Waals surface area contributed by atoms with Crippen molar-refractivity contribution in [1.29, 1.82) is 0 Å². The molecule has 2 aromatic carbocycles. The molecule has 0 amide bonds. The zero-order valence-electron chi connectivity index (χ0n) is 15.4. The standard InChI is InChI=1S/C19H27N3O2S/c1-20(2)18-9-5-8-17-16(18)7-6-10-19(17)25(23,24)22(4)15-11-13-21(3)14-12-15/h5-10,15H,11-14H2,1-4H3. The topological polar surface area (TPSA) is 43.9 Å². The van der Waals surface area contributed by atoms with Crippen LogP contribution >= 0.6 is 0 Å². The van der Waals surface area contributed by atoms with Crippen molar-refractivity contribution in [2.24, 2.45) is 0 Å². The van der Waals surface area contributed by atoms with Crippen LogP contribution in [0, 0.1) is 0 Å². The van der Waals surface area contributed by atoms with Crippen molar-refractivity contribution < 1.29 is 8.42 Å². The van der Waals surface area contributed by atoms with Crippen molar-refractivity contribution in [3.05, 3.63) is 36.4 Å². The van der Waals surface area contributed by atoms with Gasteiger partial charge in [-0.1, -0.05) is 24.3 Å². The minimum atomic E-state index is -3.53. The summed E-state index contributed by atoms with van der Waals surface area (Å²) in [7, 11) is 4.22. The van der Waals surface area contributed by atoms with Crippen molar-refractivity contribution in [1.82, 2.24) is 9.21 Å². The highest BCUT2D eigenvalue weighted by molar-refractivity contribution is 7.89. The van der Waals surface area contributed by atoms with Crippen LogP contribution in [0.1, 0.15) is 12.8 Å². The fourth-order valence-electron chi connectivity index (χ4n) is 3.59. The molecule has 1 heterocycles. The molecule has 1 aliphatic heterocycles. The van der Waals surface area contributed by atoms with E-state index >= 15 is 0 Å². The largest absolute Gasteiger partial charge is 0.377 e. The Kier molecular flexibility index (Phi) is 5.04. The summed E-state index contributed by atoms with van der Waals surface area (Å²) in [5, 5.41) is 1.75. The Bertz CT molecular complexity index is 856. The molecule has 5 nitrogen and oxygen atoms in total. The molecule has 0 aromatic heterocycles. The number of likely N-dealkylation sites (tertiary alicyclic amines) is 1. The Labute approximate surface area is 150 Å². The quantitative estimate of drug-likeness (QED) is 0.840. The van der Waals surface area contributed by atoms with Gasteiger partial charge in [-0.25, -0.2) is 8.42 Å². The third-order valence-electron chi connectivity index (χ3n) is 5.20. The second-order valence-electron chi connectivity index (χ2n) is 7.08. The second kappa shape index (κ2) is 6.94. The maximum atomic E-state index is 13.3. The SMILES string of the molecule is CN1CCC(N(C)S(=O)(=O)c2cccc3c(N(C)C)cccc23)CC1. The molecule has 6 heteroatoms. The lowest BCUT2D eigenvalue weighted by atomic mass is 10.1. The van der Waals surface area contributed by atoms with Crippen molar-refractivity contribution in [2.75, 3.05) is 46.2 Å².